The Morgan fingerprint density at radius 3 is 2.86 bits per heavy atom. The van der Waals surface area contributed by atoms with Gasteiger partial charge in [0.2, 0.25) is 10.0 Å². The van der Waals surface area contributed by atoms with E-state index in [1.165, 1.54) is 6.07 Å². The zero-order chi connectivity index (χ0) is 15.6. The second-order valence-electron chi connectivity index (χ2n) is 5.24. The molecule has 2 heterocycles. The minimum Gasteiger partial charge on any atom is -0.477 e. The summed E-state index contributed by atoms with van der Waals surface area (Å²) in [5.41, 5.74) is 0.478. The fourth-order valence-electron chi connectivity index (χ4n) is 2.51. The third kappa shape index (κ3) is 3.82. The Morgan fingerprint density at radius 2 is 2.29 bits per heavy atom. The molecule has 8 heteroatoms. The van der Waals surface area contributed by atoms with Crippen LogP contribution < -0.4 is 4.72 Å². The minimum absolute atomic E-state index is 0.0750. The average Bonchev–Trinajstić information content (AvgIpc) is 2.81. The van der Waals surface area contributed by atoms with Gasteiger partial charge >= 0.3 is 5.97 Å². The van der Waals surface area contributed by atoms with Crippen LogP contribution in [0, 0.1) is 6.92 Å². The van der Waals surface area contributed by atoms with Crippen LogP contribution in [0.2, 0.25) is 0 Å². The van der Waals surface area contributed by atoms with Gasteiger partial charge in [-0.05, 0) is 44.5 Å². The average molecular weight is 332 g/mol. The zero-order valence-electron chi connectivity index (χ0n) is 12.1. The summed E-state index contributed by atoms with van der Waals surface area (Å²) in [5.74, 6) is -1.09. The maximum absolute atomic E-state index is 12.4. The molecule has 0 bridgehead atoms. The number of aromatic carboxylic acids is 1. The number of carbonyl (C=O) groups is 1. The molecule has 0 radical (unpaired) electrons. The number of hydrogen-bond acceptors (Lipinski definition) is 5. The standard InChI is InChI=1S/C13H20N2O4S2/c1-3-15-6-4-5-10(8-15)14-21(18,19)11-7-9(2)12(20-11)13(16)17/h7,10,14H,3-6,8H2,1-2H3,(H,16,17). The summed E-state index contributed by atoms with van der Waals surface area (Å²) < 4.78 is 27.5. The van der Waals surface area contributed by atoms with Crippen molar-refractivity contribution in [1.82, 2.24) is 9.62 Å². The van der Waals surface area contributed by atoms with Crippen LogP contribution in [0.5, 0.6) is 0 Å². The molecule has 1 aromatic rings. The van der Waals surface area contributed by atoms with Gasteiger partial charge in [-0.2, -0.15) is 0 Å². The Bertz CT molecular complexity index is 624. The van der Waals surface area contributed by atoms with E-state index < -0.39 is 16.0 Å². The number of carboxylic acids is 1. The van der Waals surface area contributed by atoms with Crippen LogP contribution in [-0.4, -0.2) is 50.1 Å². The first-order valence-corrected chi connectivity index (χ1v) is 9.22. The molecule has 0 saturated carbocycles. The second-order valence-corrected chi connectivity index (χ2v) is 8.23. The molecule has 0 aromatic carbocycles. The number of piperidine rings is 1. The Morgan fingerprint density at radius 1 is 1.57 bits per heavy atom. The molecular formula is C13H20N2O4S2. The molecule has 1 saturated heterocycles. The Hall–Kier alpha value is -0.960. The van der Waals surface area contributed by atoms with Crippen molar-refractivity contribution in [2.75, 3.05) is 19.6 Å². The van der Waals surface area contributed by atoms with Gasteiger partial charge < -0.3 is 10.0 Å². The van der Waals surface area contributed by atoms with Gasteiger partial charge in [-0.25, -0.2) is 17.9 Å². The van der Waals surface area contributed by atoms with Crippen LogP contribution in [0.1, 0.15) is 35.0 Å². The largest absolute Gasteiger partial charge is 0.477 e. The quantitative estimate of drug-likeness (QED) is 0.854. The van der Waals surface area contributed by atoms with E-state index in [4.69, 9.17) is 5.11 Å². The molecular weight excluding hydrogens is 312 g/mol. The fourth-order valence-corrected chi connectivity index (χ4v) is 5.17. The lowest BCUT2D eigenvalue weighted by Crippen LogP contribution is -2.47. The summed E-state index contributed by atoms with van der Waals surface area (Å²) >= 11 is 0.806. The number of aryl methyl sites for hydroxylation is 1. The van der Waals surface area contributed by atoms with Gasteiger partial charge in [0.25, 0.3) is 0 Å². The number of nitrogens with zero attached hydrogens (tertiary/aromatic N) is 1. The fraction of sp³-hybridized carbons (Fsp3) is 0.615. The van der Waals surface area contributed by atoms with Gasteiger partial charge in [0.1, 0.15) is 9.09 Å². The van der Waals surface area contributed by atoms with Gasteiger partial charge in [-0.15, -0.1) is 11.3 Å². The van der Waals surface area contributed by atoms with Gasteiger partial charge in [0, 0.05) is 12.6 Å². The van der Waals surface area contributed by atoms with Crippen molar-refractivity contribution >= 4 is 27.3 Å². The highest BCUT2D eigenvalue weighted by Gasteiger charge is 2.27. The number of likely N-dealkylation sites (N-methyl/N-ethyl adjacent to an activating group) is 1. The zero-order valence-corrected chi connectivity index (χ0v) is 13.8. The van der Waals surface area contributed by atoms with E-state index in [-0.39, 0.29) is 15.1 Å². The molecule has 1 aromatic heterocycles. The second kappa shape index (κ2) is 6.43. The highest BCUT2D eigenvalue weighted by molar-refractivity contribution is 7.91. The topological polar surface area (TPSA) is 86.7 Å². The molecule has 1 fully saturated rings. The predicted octanol–water partition coefficient (Wildman–Crippen LogP) is 1.52. The summed E-state index contributed by atoms with van der Waals surface area (Å²) in [6.45, 7) is 6.26. The van der Waals surface area contributed by atoms with Crippen molar-refractivity contribution in [2.24, 2.45) is 0 Å². The van der Waals surface area contributed by atoms with Crippen molar-refractivity contribution in [1.29, 1.82) is 0 Å². The lowest BCUT2D eigenvalue weighted by atomic mass is 10.1. The van der Waals surface area contributed by atoms with Crippen molar-refractivity contribution in [3.63, 3.8) is 0 Å². The number of rotatable bonds is 5. The van der Waals surface area contributed by atoms with E-state index in [1.54, 1.807) is 6.92 Å². The van der Waals surface area contributed by atoms with Gasteiger partial charge in [-0.3, -0.25) is 0 Å². The molecule has 1 atom stereocenters. The van der Waals surface area contributed by atoms with Crippen LogP contribution in [0.3, 0.4) is 0 Å². The molecule has 6 nitrogen and oxygen atoms in total. The number of carboxylic acid groups (broad SMARTS) is 1. The lowest BCUT2D eigenvalue weighted by molar-refractivity contribution is 0.0701. The molecule has 1 unspecified atom stereocenters. The highest BCUT2D eigenvalue weighted by atomic mass is 32.2. The van der Waals surface area contributed by atoms with Gasteiger partial charge in [0.15, 0.2) is 0 Å². The van der Waals surface area contributed by atoms with E-state index in [1.807, 2.05) is 0 Å². The normalized spacial score (nSPS) is 20.6. The van der Waals surface area contributed by atoms with Crippen LogP contribution in [0.15, 0.2) is 10.3 Å². The number of thiophene rings is 1. The van der Waals surface area contributed by atoms with E-state index in [0.717, 1.165) is 37.3 Å². The molecule has 0 spiro atoms. The number of nitrogens with one attached hydrogen (secondary N) is 1. The van der Waals surface area contributed by atoms with E-state index >= 15 is 0 Å². The molecule has 2 rings (SSSR count). The minimum atomic E-state index is -3.65. The van der Waals surface area contributed by atoms with Crippen molar-refractivity contribution in [3.05, 3.63) is 16.5 Å². The van der Waals surface area contributed by atoms with Crippen molar-refractivity contribution < 1.29 is 18.3 Å². The smallest absolute Gasteiger partial charge is 0.346 e. The first-order valence-electron chi connectivity index (χ1n) is 6.92. The van der Waals surface area contributed by atoms with Crippen molar-refractivity contribution in [3.8, 4) is 0 Å². The number of likely N-dealkylation sites (tertiary alicyclic amines) is 1. The summed E-state index contributed by atoms with van der Waals surface area (Å²) in [6, 6.07) is 1.32. The van der Waals surface area contributed by atoms with Crippen molar-refractivity contribution in [2.45, 2.75) is 36.9 Å². The number of sulfonamides is 1. The summed E-state index contributed by atoms with van der Waals surface area (Å²) in [7, 11) is -3.65. The Kier molecular flexibility index (Phi) is 5.03. The summed E-state index contributed by atoms with van der Waals surface area (Å²) in [6.07, 6.45) is 1.77. The van der Waals surface area contributed by atoms with Crippen LogP contribution >= 0.6 is 11.3 Å². The first kappa shape index (κ1) is 16.4. The van der Waals surface area contributed by atoms with E-state index in [0.29, 0.717) is 12.1 Å². The monoisotopic (exact) mass is 332 g/mol. The van der Waals surface area contributed by atoms with Gasteiger partial charge in [0.05, 0.1) is 0 Å². The Balaban J connectivity index is 2.15. The van der Waals surface area contributed by atoms with Crippen LogP contribution in [-0.2, 0) is 10.0 Å². The van der Waals surface area contributed by atoms with E-state index in [9.17, 15) is 13.2 Å². The molecule has 2 N–H and O–H groups in total. The Labute approximate surface area is 128 Å². The van der Waals surface area contributed by atoms with Crippen LogP contribution in [0.4, 0.5) is 0 Å². The predicted molar refractivity (Wildman–Crippen MR) is 81.5 cm³/mol. The maximum Gasteiger partial charge on any atom is 0.346 e. The molecule has 1 aliphatic heterocycles. The third-order valence-corrected chi connectivity index (χ3v) is 6.85. The first-order chi connectivity index (χ1) is 9.83. The SMILES string of the molecule is CCN1CCCC(NS(=O)(=O)c2cc(C)c(C(=O)O)s2)C1. The molecule has 118 valence electrons. The molecule has 0 amide bonds. The maximum atomic E-state index is 12.4. The molecule has 1 aliphatic rings. The lowest BCUT2D eigenvalue weighted by Gasteiger charge is -2.31. The van der Waals surface area contributed by atoms with Crippen LogP contribution in [0.25, 0.3) is 0 Å². The summed E-state index contributed by atoms with van der Waals surface area (Å²) in [4.78, 5) is 13.3. The summed E-state index contributed by atoms with van der Waals surface area (Å²) in [5, 5.41) is 9.02. The van der Waals surface area contributed by atoms with E-state index in [2.05, 4.69) is 16.5 Å². The highest BCUT2D eigenvalue weighted by Crippen LogP contribution is 2.26. The molecule has 0 aliphatic carbocycles. The molecule has 21 heavy (non-hydrogen) atoms. The third-order valence-electron chi connectivity index (χ3n) is 3.63. The van der Waals surface area contributed by atoms with Gasteiger partial charge in [-0.1, -0.05) is 6.92 Å². The number of hydrogen-bond donors (Lipinski definition) is 2.